The van der Waals surface area contributed by atoms with E-state index in [2.05, 4.69) is 13.2 Å². The van der Waals surface area contributed by atoms with Gasteiger partial charge in [0.25, 0.3) is 0 Å². The molecule has 8 heteroatoms. The largest absolute Gasteiger partial charge is 0.489 e. The smallest absolute Gasteiger partial charge is 0.333 e. The van der Waals surface area contributed by atoms with E-state index in [1.165, 1.54) is 14.2 Å². The molecule has 0 saturated carbocycles. The van der Waals surface area contributed by atoms with E-state index in [0.717, 1.165) is 16.3 Å². The van der Waals surface area contributed by atoms with Crippen LogP contribution in [0.4, 0.5) is 0 Å². The zero-order valence-corrected chi connectivity index (χ0v) is 21.8. The number of rotatable bonds is 15. The zero-order chi connectivity index (χ0) is 26.7. The molecule has 196 valence electrons. The van der Waals surface area contributed by atoms with Crippen molar-refractivity contribution in [1.29, 1.82) is 0 Å². The summed E-state index contributed by atoms with van der Waals surface area (Å²) in [6.07, 6.45) is -0.531. The number of carbonyl (C=O) groups is 2. The zero-order valence-electron chi connectivity index (χ0n) is 21.8. The summed E-state index contributed by atoms with van der Waals surface area (Å²) in [7, 11) is 3.06. The van der Waals surface area contributed by atoms with Gasteiger partial charge in [-0.05, 0) is 31.9 Å². The Labute approximate surface area is 212 Å². The minimum Gasteiger partial charge on any atom is -0.489 e. The molecule has 2 atom stereocenters. The Hall–Kier alpha value is -3.36. The maximum absolute atomic E-state index is 12.0. The van der Waals surface area contributed by atoms with Crippen LogP contribution in [0.15, 0.2) is 54.6 Å². The van der Waals surface area contributed by atoms with Gasteiger partial charge in [0.15, 0.2) is 12.2 Å². The highest BCUT2D eigenvalue weighted by molar-refractivity contribution is 5.94. The molecule has 2 unspecified atom stereocenters. The Kier molecular flexibility index (Phi) is 11.4. The molecule has 2 aromatic rings. The number of ether oxygens (including phenoxy) is 6. The van der Waals surface area contributed by atoms with Gasteiger partial charge in [0.2, 0.25) is 0 Å². The van der Waals surface area contributed by atoms with Crippen LogP contribution in [0.25, 0.3) is 10.8 Å². The molecule has 0 bridgehead atoms. The molecular weight excluding hydrogens is 464 g/mol. The quantitative estimate of drug-likeness (QED) is 0.262. The normalized spacial score (nSPS) is 12.5. The first kappa shape index (κ1) is 28.9. The summed E-state index contributed by atoms with van der Waals surface area (Å²) in [4.78, 5) is 24.0. The highest BCUT2D eigenvalue weighted by atomic mass is 16.6. The Morgan fingerprint density at radius 3 is 1.78 bits per heavy atom. The molecule has 0 aliphatic carbocycles. The molecular formula is C28H36O8. The molecule has 0 fully saturated rings. The fraction of sp³-hybridized carbons (Fsp3) is 0.429. The summed E-state index contributed by atoms with van der Waals surface area (Å²) in [5, 5.41) is 1.67. The van der Waals surface area contributed by atoms with E-state index in [0.29, 0.717) is 29.1 Å². The number of esters is 2. The fourth-order valence-electron chi connectivity index (χ4n) is 3.39. The molecule has 0 aliphatic rings. The average Bonchev–Trinajstić information content (AvgIpc) is 2.85. The minimum absolute atomic E-state index is 0.104. The SMILES string of the molecule is C=C(C)C(=O)OC(COC)COc1cc(CC)c(OCC(COC)OC(=O)C(=C)C)c2ccccc12. The van der Waals surface area contributed by atoms with E-state index < -0.39 is 24.1 Å². The van der Waals surface area contributed by atoms with Gasteiger partial charge in [0.05, 0.1) is 13.2 Å². The molecule has 0 radical (unpaired) electrons. The third-order valence-electron chi connectivity index (χ3n) is 5.20. The summed E-state index contributed by atoms with van der Waals surface area (Å²) in [5.74, 6) is 0.309. The molecule has 2 rings (SSSR count). The lowest BCUT2D eigenvalue weighted by molar-refractivity contribution is -0.149. The first-order valence-electron chi connectivity index (χ1n) is 11.7. The van der Waals surface area contributed by atoms with Crippen LogP contribution < -0.4 is 9.47 Å². The van der Waals surface area contributed by atoms with Crippen molar-refractivity contribution in [2.45, 2.75) is 39.4 Å². The molecule has 36 heavy (non-hydrogen) atoms. The van der Waals surface area contributed by atoms with Gasteiger partial charge in [-0.2, -0.15) is 0 Å². The number of carbonyl (C=O) groups excluding carboxylic acids is 2. The Balaban J connectivity index is 2.30. The summed E-state index contributed by atoms with van der Waals surface area (Å²) in [5.41, 5.74) is 1.52. The molecule has 0 spiro atoms. The van der Waals surface area contributed by atoms with E-state index >= 15 is 0 Å². The number of hydrogen-bond donors (Lipinski definition) is 0. The maximum Gasteiger partial charge on any atom is 0.333 e. The number of hydrogen-bond acceptors (Lipinski definition) is 8. The van der Waals surface area contributed by atoms with Crippen molar-refractivity contribution >= 4 is 22.7 Å². The maximum atomic E-state index is 12.0. The van der Waals surface area contributed by atoms with Crippen LogP contribution in [0.5, 0.6) is 11.5 Å². The molecule has 0 N–H and O–H groups in total. The van der Waals surface area contributed by atoms with Gasteiger partial charge in [0, 0.05) is 36.1 Å². The van der Waals surface area contributed by atoms with Crippen LogP contribution in [-0.2, 0) is 35.0 Å². The van der Waals surface area contributed by atoms with E-state index in [1.807, 2.05) is 37.3 Å². The molecule has 0 amide bonds. The van der Waals surface area contributed by atoms with Gasteiger partial charge in [-0.25, -0.2) is 9.59 Å². The average molecular weight is 501 g/mol. The summed E-state index contributed by atoms with van der Waals surface area (Å²) >= 11 is 0. The van der Waals surface area contributed by atoms with Gasteiger partial charge >= 0.3 is 11.9 Å². The fourth-order valence-corrected chi connectivity index (χ4v) is 3.39. The summed E-state index contributed by atoms with van der Waals surface area (Å²) < 4.78 is 33.6. The van der Waals surface area contributed by atoms with Gasteiger partial charge in [-0.1, -0.05) is 44.3 Å². The number of aryl methyl sites for hydroxylation is 1. The van der Waals surface area contributed by atoms with Crippen LogP contribution in [0.3, 0.4) is 0 Å². The Morgan fingerprint density at radius 2 is 1.31 bits per heavy atom. The lowest BCUT2D eigenvalue weighted by atomic mass is 10.0. The van der Waals surface area contributed by atoms with Gasteiger partial charge in [-0.15, -0.1) is 0 Å². The van der Waals surface area contributed by atoms with Crippen LogP contribution in [-0.4, -0.2) is 64.8 Å². The van der Waals surface area contributed by atoms with E-state index in [9.17, 15) is 9.59 Å². The van der Waals surface area contributed by atoms with Crippen molar-refractivity contribution in [2.75, 3.05) is 40.6 Å². The molecule has 0 aliphatic heterocycles. The van der Waals surface area contributed by atoms with E-state index in [4.69, 9.17) is 28.4 Å². The molecule has 2 aromatic carbocycles. The van der Waals surface area contributed by atoms with Crippen molar-refractivity contribution in [2.24, 2.45) is 0 Å². The predicted octanol–water partition coefficient (Wildman–Crippen LogP) is 4.43. The topological polar surface area (TPSA) is 89.5 Å². The van der Waals surface area contributed by atoms with Crippen LogP contribution >= 0.6 is 0 Å². The second kappa shape index (κ2) is 14.3. The lowest BCUT2D eigenvalue weighted by Crippen LogP contribution is -2.30. The predicted molar refractivity (Wildman–Crippen MR) is 137 cm³/mol. The van der Waals surface area contributed by atoms with Crippen molar-refractivity contribution in [3.63, 3.8) is 0 Å². The van der Waals surface area contributed by atoms with Crippen molar-refractivity contribution in [3.05, 3.63) is 60.2 Å². The Morgan fingerprint density at radius 1 is 0.806 bits per heavy atom. The van der Waals surface area contributed by atoms with Gasteiger partial charge in [0.1, 0.15) is 24.7 Å². The molecule has 0 heterocycles. The monoisotopic (exact) mass is 500 g/mol. The molecule has 8 nitrogen and oxygen atoms in total. The van der Waals surface area contributed by atoms with Crippen molar-refractivity contribution < 1.29 is 38.0 Å². The summed E-state index contributed by atoms with van der Waals surface area (Å²) in [6.45, 7) is 13.0. The first-order valence-corrected chi connectivity index (χ1v) is 11.7. The van der Waals surface area contributed by atoms with Crippen molar-refractivity contribution in [3.8, 4) is 11.5 Å². The minimum atomic E-state index is -0.601. The third-order valence-corrected chi connectivity index (χ3v) is 5.20. The van der Waals surface area contributed by atoms with Gasteiger partial charge < -0.3 is 28.4 Å². The molecule has 0 saturated heterocycles. The van der Waals surface area contributed by atoms with Crippen LogP contribution in [0.2, 0.25) is 0 Å². The lowest BCUT2D eigenvalue weighted by Gasteiger charge is -2.22. The number of benzene rings is 2. The van der Waals surface area contributed by atoms with Crippen LogP contribution in [0.1, 0.15) is 26.3 Å². The standard InChI is InChI=1S/C28H36O8/c1-8-20-13-25(33-16-21(14-31-6)35-27(29)18(2)3)23-11-9-10-12-24(23)26(20)34-17-22(15-32-7)36-28(30)19(4)5/h9-13,21-22H,2,4,8,14-17H2,1,3,5-7H3. The number of methoxy groups -OCH3 is 2. The second-order valence-corrected chi connectivity index (χ2v) is 8.41. The first-order chi connectivity index (χ1) is 17.2. The van der Waals surface area contributed by atoms with E-state index in [-0.39, 0.29) is 26.4 Å². The Bertz CT molecular complexity index is 1070. The third kappa shape index (κ3) is 8.10. The van der Waals surface area contributed by atoms with Crippen molar-refractivity contribution in [1.82, 2.24) is 0 Å². The summed E-state index contributed by atoms with van der Waals surface area (Å²) in [6, 6.07) is 9.59. The number of fused-ring (bicyclic) bond motifs is 1. The van der Waals surface area contributed by atoms with E-state index in [1.54, 1.807) is 13.8 Å². The van der Waals surface area contributed by atoms with Crippen LogP contribution in [0, 0.1) is 0 Å². The second-order valence-electron chi connectivity index (χ2n) is 8.41. The highest BCUT2D eigenvalue weighted by Gasteiger charge is 2.21. The van der Waals surface area contributed by atoms with Gasteiger partial charge in [-0.3, -0.25) is 0 Å². The molecule has 0 aromatic heterocycles. The highest BCUT2D eigenvalue weighted by Crippen LogP contribution is 2.37.